The molecule has 0 bridgehead atoms. The fourth-order valence-electron chi connectivity index (χ4n) is 1.44. The average molecular weight is 256 g/mol. The minimum Gasteiger partial charge on any atom is -0.381 e. The van der Waals surface area contributed by atoms with Gasteiger partial charge in [-0.2, -0.15) is 0 Å². The number of nitrogens with zero attached hydrogens (tertiary/aromatic N) is 3. The fraction of sp³-hybridized carbons (Fsp3) is 0.727. The lowest BCUT2D eigenvalue weighted by atomic mass is 10.4. The summed E-state index contributed by atoms with van der Waals surface area (Å²) in [5.74, 6) is 0.190. The molecular formula is C11H20N4O3. The number of aromatic nitrogens is 3. The maximum absolute atomic E-state index is 11.7. The van der Waals surface area contributed by atoms with Gasteiger partial charge in [-0.1, -0.05) is 6.92 Å². The van der Waals surface area contributed by atoms with E-state index in [0.29, 0.717) is 13.2 Å². The summed E-state index contributed by atoms with van der Waals surface area (Å²) in [6, 6.07) is 0. The second kappa shape index (κ2) is 6.95. The molecule has 0 aliphatic rings. The van der Waals surface area contributed by atoms with Crippen LogP contribution in [0.3, 0.4) is 0 Å². The second-order valence-corrected chi connectivity index (χ2v) is 4.01. The highest BCUT2D eigenvalue weighted by Gasteiger charge is 2.07. The van der Waals surface area contributed by atoms with E-state index in [4.69, 9.17) is 4.74 Å². The van der Waals surface area contributed by atoms with E-state index in [1.807, 2.05) is 0 Å². The summed E-state index contributed by atoms with van der Waals surface area (Å²) in [7, 11) is 2.94. The highest BCUT2D eigenvalue weighted by Crippen LogP contribution is 1.91. The number of hydrogen-bond donors (Lipinski definition) is 1. The highest BCUT2D eigenvalue weighted by molar-refractivity contribution is 5.29. The van der Waals surface area contributed by atoms with Crippen molar-refractivity contribution in [3.8, 4) is 0 Å². The van der Waals surface area contributed by atoms with Gasteiger partial charge in [0.25, 0.3) is 5.56 Å². The van der Waals surface area contributed by atoms with E-state index in [1.54, 1.807) is 0 Å². The number of nitrogens with one attached hydrogen (secondary N) is 1. The van der Waals surface area contributed by atoms with Gasteiger partial charge >= 0.3 is 5.69 Å². The van der Waals surface area contributed by atoms with Crippen LogP contribution in [0, 0.1) is 0 Å². The van der Waals surface area contributed by atoms with E-state index in [2.05, 4.69) is 17.3 Å². The van der Waals surface area contributed by atoms with Crippen molar-refractivity contribution >= 4 is 5.82 Å². The van der Waals surface area contributed by atoms with Crippen LogP contribution in [-0.4, -0.2) is 34.1 Å². The lowest BCUT2D eigenvalue weighted by molar-refractivity contribution is 0.134. The predicted molar refractivity (Wildman–Crippen MR) is 68.9 cm³/mol. The molecule has 102 valence electrons. The molecule has 0 saturated heterocycles. The van der Waals surface area contributed by atoms with Crippen molar-refractivity contribution in [3.63, 3.8) is 0 Å². The van der Waals surface area contributed by atoms with Crippen molar-refractivity contribution in [1.29, 1.82) is 0 Å². The Balaban J connectivity index is 2.53. The number of hydrogen-bond acceptors (Lipinski definition) is 5. The average Bonchev–Trinajstić information content (AvgIpc) is 2.37. The van der Waals surface area contributed by atoms with Crippen LogP contribution in [0.25, 0.3) is 0 Å². The van der Waals surface area contributed by atoms with Gasteiger partial charge in [0.15, 0.2) is 0 Å². The fourth-order valence-corrected chi connectivity index (χ4v) is 1.44. The molecule has 7 nitrogen and oxygen atoms in total. The molecule has 0 saturated carbocycles. The lowest BCUT2D eigenvalue weighted by Gasteiger charge is -2.08. The maximum atomic E-state index is 11.7. The molecule has 0 unspecified atom stereocenters. The zero-order chi connectivity index (χ0) is 13.5. The highest BCUT2D eigenvalue weighted by atomic mass is 16.5. The Bertz CT molecular complexity index is 492. The van der Waals surface area contributed by atoms with Gasteiger partial charge in [0.2, 0.25) is 5.82 Å². The van der Waals surface area contributed by atoms with Gasteiger partial charge in [0.1, 0.15) is 0 Å². The van der Waals surface area contributed by atoms with Gasteiger partial charge in [-0.25, -0.2) is 9.48 Å². The summed E-state index contributed by atoms with van der Waals surface area (Å²) in [4.78, 5) is 23.1. The Hall–Kier alpha value is -1.63. The van der Waals surface area contributed by atoms with Crippen molar-refractivity contribution in [2.45, 2.75) is 19.8 Å². The normalized spacial score (nSPS) is 10.6. The first-order valence-electron chi connectivity index (χ1n) is 6.04. The Kier molecular flexibility index (Phi) is 5.57. The molecule has 18 heavy (non-hydrogen) atoms. The molecule has 1 N–H and O–H groups in total. The Morgan fingerprint density at radius 3 is 2.67 bits per heavy atom. The lowest BCUT2D eigenvalue weighted by Crippen LogP contribution is -2.40. The molecule has 1 heterocycles. The van der Waals surface area contributed by atoms with Crippen LogP contribution in [0.4, 0.5) is 5.82 Å². The van der Waals surface area contributed by atoms with Crippen molar-refractivity contribution < 1.29 is 4.74 Å². The van der Waals surface area contributed by atoms with Crippen LogP contribution in [0.5, 0.6) is 0 Å². The number of rotatable bonds is 7. The molecule has 7 heteroatoms. The van der Waals surface area contributed by atoms with Crippen LogP contribution in [0.15, 0.2) is 9.59 Å². The van der Waals surface area contributed by atoms with Crippen molar-refractivity contribution in [3.05, 3.63) is 20.8 Å². The van der Waals surface area contributed by atoms with Crippen molar-refractivity contribution in [2.24, 2.45) is 14.1 Å². The molecule has 0 aliphatic heterocycles. The quantitative estimate of drug-likeness (QED) is 0.678. The third-order valence-corrected chi connectivity index (χ3v) is 2.43. The van der Waals surface area contributed by atoms with Gasteiger partial charge in [-0.05, 0) is 12.8 Å². The largest absolute Gasteiger partial charge is 0.381 e. The van der Waals surface area contributed by atoms with E-state index in [-0.39, 0.29) is 5.82 Å². The number of anilines is 1. The first kappa shape index (κ1) is 14.4. The molecule has 0 amide bonds. The Morgan fingerprint density at radius 2 is 2.00 bits per heavy atom. The molecule has 0 radical (unpaired) electrons. The molecule has 1 aromatic rings. The number of aryl methyl sites for hydroxylation is 1. The molecule has 0 aliphatic carbocycles. The van der Waals surface area contributed by atoms with Gasteiger partial charge in [0, 0.05) is 33.9 Å². The second-order valence-electron chi connectivity index (χ2n) is 4.01. The molecule has 1 rings (SSSR count). The molecular weight excluding hydrogens is 236 g/mol. The van der Waals surface area contributed by atoms with Crippen LogP contribution in [0.2, 0.25) is 0 Å². The SMILES string of the molecule is CCCOCCCNc1nn(C)c(=O)n(C)c1=O. The Morgan fingerprint density at radius 1 is 1.28 bits per heavy atom. The molecule has 0 atom stereocenters. The summed E-state index contributed by atoms with van der Waals surface area (Å²) < 4.78 is 7.49. The third-order valence-electron chi connectivity index (χ3n) is 2.43. The number of ether oxygens (including phenoxy) is 1. The van der Waals surface area contributed by atoms with Crippen LogP contribution in [0.1, 0.15) is 19.8 Å². The van der Waals surface area contributed by atoms with Crippen molar-refractivity contribution in [1.82, 2.24) is 14.3 Å². The molecule has 0 fully saturated rings. The van der Waals surface area contributed by atoms with E-state index >= 15 is 0 Å². The van der Waals surface area contributed by atoms with Gasteiger partial charge < -0.3 is 10.1 Å². The molecule has 0 spiro atoms. The monoisotopic (exact) mass is 256 g/mol. The van der Waals surface area contributed by atoms with Crippen LogP contribution < -0.4 is 16.6 Å². The van der Waals surface area contributed by atoms with E-state index in [9.17, 15) is 9.59 Å². The smallest absolute Gasteiger partial charge is 0.346 e. The van der Waals surface area contributed by atoms with Gasteiger partial charge in [-0.15, -0.1) is 5.10 Å². The van der Waals surface area contributed by atoms with E-state index < -0.39 is 11.2 Å². The zero-order valence-electron chi connectivity index (χ0n) is 11.1. The van der Waals surface area contributed by atoms with Gasteiger partial charge in [-0.3, -0.25) is 9.36 Å². The topological polar surface area (TPSA) is 78.2 Å². The van der Waals surface area contributed by atoms with E-state index in [0.717, 1.165) is 28.7 Å². The minimum atomic E-state index is -0.433. The summed E-state index contributed by atoms with van der Waals surface area (Å²) in [6.45, 7) is 4.04. The molecule has 0 aromatic carbocycles. The summed E-state index contributed by atoms with van der Waals surface area (Å²) >= 11 is 0. The first-order chi connectivity index (χ1) is 8.57. The third kappa shape index (κ3) is 3.69. The molecule has 1 aromatic heterocycles. The zero-order valence-corrected chi connectivity index (χ0v) is 11.1. The summed E-state index contributed by atoms with van der Waals surface area (Å²) in [5, 5.41) is 6.80. The predicted octanol–water partition coefficient (Wildman–Crippen LogP) is -0.292. The minimum absolute atomic E-state index is 0.190. The van der Waals surface area contributed by atoms with E-state index in [1.165, 1.54) is 14.1 Å². The maximum Gasteiger partial charge on any atom is 0.346 e. The van der Waals surface area contributed by atoms with Crippen LogP contribution in [-0.2, 0) is 18.8 Å². The van der Waals surface area contributed by atoms with Crippen molar-refractivity contribution in [2.75, 3.05) is 25.1 Å². The first-order valence-corrected chi connectivity index (χ1v) is 6.04. The standard InChI is InChI=1S/C11H20N4O3/c1-4-7-18-8-5-6-12-9-10(16)14(2)11(17)15(3)13-9/h4-8H2,1-3H3,(H,12,13). The summed E-state index contributed by atoms with van der Waals surface area (Å²) in [5.41, 5.74) is -0.843. The summed E-state index contributed by atoms with van der Waals surface area (Å²) in [6.07, 6.45) is 1.78. The van der Waals surface area contributed by atoms with Crippen LogP contribution >= 0.6 is 0 Å². The Labute approximate surface area is 105 Å². The van der Waals surface area contributed by atoms with Gasteiger partial charge in [0.05, 0.1) is 0 Å².